The molecule has 152 valence electrons. The lowest BCUT2D eigenvalue weighted by Crippen LogP contribution is -2.68. The second kappa shape index (κ2) is 9.47. The van der Waals surface area contributed by atoms with E-state index in [1.807, 2.05) is 55.5 Å². The van der Waals surface area contributed by atoms with Crippen LogP contribution in [0.2, 0.25) is 0 Å². The number of hydrogen-bond donors (Lipinski definition) is 2. The fourth-order valence-corrected chi connectivity index (χ4v) is 4.02. The summed E-state index contributed by atoms with van der Waals surface area (Å²) in [4.78, 5) is 30.2. The first-order valence-corrected chi connectivity index (χ1v) is 9.83. The van der Waals surface area contributed by atoms with Crippen molar-refractivity contribution >= 4 is 17.9 Å². The molecule has 0 unspecified atom stereocenters. The second-order valence-corrected chi connectivity index (χ2v) is 7.28. The molecular weight excluding hydrogens is 366 g/mol. The molecule has 1 aliphatic heterocycles. The fourth-order valence-electron chi connectivity index (χ4n) is 4.02. The van der Waals surface area contributed by atoms with Crippen molar-refractivity contribution in [3.8, 4) is 0 Å². The molecule has 3 atom stereocenters. The zero-order valence-corrected chi connectivity index (χ0v) is 16.8. The molecule has 6 nitrogen and oxygen atoms in total. The highest BCUT2D eigenvalue weighted by atomic mass is 16.3. The minimum atomic E-state index is -0.310. The van der Waals surface area contributed by atoms with Gasteiger partial charge >= 0.3 is 0 Å². The van der Waals surface area contributed by atoms with Crippen LogP contribution in [-0.4, -0.2) is 52.0 Å². The SMILES string of the molecule is C/C=C/c1ccc([C@H]2[C@@H](CO)N(C(=O)Cc3ccncc3)[C@@H]2CNC(C)=O)cc1. The molecular formula is C23H27N3O3. The third kappa shape index (κ3) is 4.71. The van der Waals surface area contributed by atoms with Crippen LogP contribution in [0.15, 0.2) is 54.9 Å². The molecule has 2 amide bonds. The van der Waals surface area contributed by atoms with Crippen LogP contribution in [0.3, 0.4) is 0 Å². The normalized spacial score (nSPS) is 21.1. The number of aliphatic hydroxyl groups excluding tert-OH is 1. The molecule has 0 aliphatic carbocycles. The van der Waals surface area contributed by atoms with Crippen LogP contribution in [0.5, 0.6) is 0 Å². The highest BCUT2D eigenvalue weighted by Crippen LogP contribution is 2.41. The fraction of sp³-hybridized carbons (Fsp3) is 0.348. The maximum atomic E-state index is 13.0. The molecule has 1 aromatic carbocycles. The van der Waals surface area contributed by atoms with Gasteiger partial charge in [-0.25, -0.2) is 0 Å². The summed E-state index contributed by atoms with van der Waals surface area (Å²) in [6, 6.07) is 11.2. The zero-order valence-electron chi connectivity index (χ0n) is 16.8. The number of carbonyl (C=O) groups excluding carboxylic acids is 2. The average Bonchev–Trinajstić information content (AvgIpc) is 2.69. The Labute approximate surface area is 171 Å². The topological polar surface area (TPSA) is 82.5 Å². The van der Waals surface area contributed by atoms with Gasteiger partial charge in [-0.1, -0.05) is 36.4 Å². The number of nitrogens with zero attached hydrogens (tertiary/aromatic N) is 2. The van der Waals surface area contributed by atoms with Gasteiger partial charge in [0.15, 0.2) is 0 Å². The van der Waals surface area contributed by atoms with Gasteiger partial charge in [-0.05, 0) is 35.7 Å². The Balaban J connectivity index is 1.83. The first kappa shape index (κ1) is 20.7. The van der Waals surface area contributed by atoms with Crippen molar-refractivity contribution in [2.45, 2.75) is 38.3 Å². The molecule has 1 saturated heterocycles. The van der Waals surface area contributed by atoms with E-state index in [1.165, 1.54) is 6.92 Å². The molecule has 2 aromatic rings. The summed E-state index contributed by atoms with van der Waals surface area (Å²) in [6.45, 7) is 3.67. The van der Waals surface area contributed by atoms with Gasteiger partial charge in [0.05, 0.1) is 25.1 Å². The van der Waals surface area contributed by atoms with Crippen molar-refractivity contribution in [3.05, 3.63) is 71.6 Å². The van der Waals surface area contributed by atoms with Crippen LogP contribution in [0.1, 0.15) is 36.5 Å². The standard InChI is InChI=1S/C23H27N3O3/c1-3-4-17-5-7-19(8-6-17)23-20(14-25-16(2)28)26(21(23)15-27)22(29)13-18-9-11-24-12-10-18/h3-12,20-21,23,27H,13-15H2,1-2H3,(H,25,28)/b4-3+/t20-,21-,23-/m1/s1. The van der Waals surface area contributed by atoms with Crippen molar-refractivity contribution in [2.24, 2.45) is 0 Å². The van der Waals surface area contributed by atoms with Gasteiger partial charge in [-0.3, -0.25) is 14.6 Å². The largest absolute Gasteiger partial charge is 0.394 e. The van der Waals surface area contributed by atoms with E-state index in [2.05, 4.69) is 10.3 Å². The molecule has 1 aromatic heterocycles. The number of amides is 2. The molecule has 2 N–H and O–H groups in total. The lowest BCUT2D eigenvalue weighted by atomic mass is 9.74. The van der Waals surface area contributed by atoms with Crippen molar-refractivity contribution in [1.29, 1.82) is 0 Å². The van der Waals surface area contributed by atoms with E-state index in [4.69, 9.17) is 0 Å². The van der Waals surface area contributed by atoms with Gasteiger partial charge in [0, 0.05) is 31.8 Å². The van der Waals surface area contributed by atoms with E-state index >= 15 is 0 Å². The van der Waals surface area contributed by atoms with Crippen molar-refractivity contribution in [2.75, 3.05) is 13.2 Å². The third-order valence-corrected chi connectivity index (χ3v) is 5.36. The summed E-state index contributed by atoms with van der Waals surface area (Å²) in [5, 5.41) is 12.9. The number of hydrogen-bond acceptors (Lipinski definition) is 4. The van der Waals surface area contributed by atoms with E-state index in [9.17, 15) is 14.7 Å². The van der Waals surface area contributed by atoms with Crippen LogP contribution in [-0.2, 0) is 16.0 Å². The smallest absolute Gasteiger partial charge is 0.227 e. The quantitative estimate of drug-likeness (QED) is 0.755. The number of pyridine rings is 1. The van der Waals surface area contributed by atoms with Crippen LogP contribution in [0.4, 0.5) is 0 Å². The average molecular weight is 393 g/mol. The van der Waals surface area contributed by atoms with Crippen molar-refractivity contribution in [1.82, 2.24) is 15.2 Å². The first-order chi connectivity index (χ1) is 14.0. The Bertz CT molecular complexity index is 865. The lowest BCUT2D eigenvalue weighted by Gasteiger charge is -2.55. The van der Waals surface area contributed by atoms with Crippen molar-refractivity contribution in [3.63, 3.8) is 0 Å². The van der Waals surface area contributed by atoms with Crippen molar-refractivity contribution < 1.29 is 14.7 Å². The molecule has 3 rings (SSSR count). The Kier molecular flexibility index (Phi) is 6.77. The molecule has 0 saturated carbocycles. The molecule has 0 bridgehead atoms. The Morgan fingerprint density at radius 2 is 1.83 bits per heavy atom. The van der Waals surface area contributed by atoms with Crippen LogP contribution >= 0.6 is 0 Å². The van der Waals surface area contributed by atoms with E-state index in [-0.39, 0.29) is 42.8 Å². The van der Waals surface area contributed by atoms with Gasteiger partial charge in [-0.2, -0.15) is 0 Å². The number of nitrogens with one attached hydrogen (secondary N) is 1. The summed E-state index contributed by atoms with van der Waals surface area (Å²) in [6.07, 6.45) is 7.56. The predicted octanol–water partition coefficient (Wildman–Crippen LogP) is 2.15. The van der Waals surface area contributed by atoms with Gasteiger partial charge in [0.2, 0.25) is 11.8 Å². The monoisotopic (exact) mass is 393 g/mol. The van der Waals surface area contributed by atoms with Gasteiger partial charge in [0.1, 0.15) is 0 Å². The minimum Gasteiger partial charge on any atom is -0.394 e. The highest BCUT2D eigenvalue weighted by molar-refractivity contribution is 5.81. The number of allylic oxidation sites excluding steroid dienone is 1. The zero-order chi connectivity index (χ0) is 20.8. The Morgan fingerprint density at radius 1 is 1.14 bits per heavy atom. The van der Waals surface area contributed by atoms with E-state index in [0.717, 1.165) is 16.7 Å². The number of aromatic nitrogens is 1. The summed E-state index contributed by atoms with van der Waals surface area (Å²) >= 11 is 0. The number of benzene rings is 1. The summed E-state index contributed by atoms with van der Waals surface area (Å²) in [7, 11) is 0. The van der Waals surface area contributed by atoms with Gasteiger partial charge < -0.3 is 15.3 Å². The molecule has 1 aliphatic rings. The van der Waals surface area contributed by atoms with Gasteiger partial charge in [0.25, 0.3) is 0 Å². The Hall–Kier alpha value is -2.99. The first-order valence-electron chi connectivity index (χ1n) is 9.83. The molecule has 0 radical (unpaired) electrons. The number of rotatable bonds is 7. The Morgan fingerprint density at radius 3 is 2.41 bits per heavy atom. The molecule has 1 fully saturated rings. The maximum absolute atomic E-state index is 13.0. The minimum absolute atomic E-state index is 0.0344. The van der Waals surface area contributed by atoms with Crippen LogP contribution < -0.4 is 5.32 Å². The van der Waals surface area contributed by atoms with E-state index in [0.29, 0.717) is 6.54 Å². The molecule has 6 heteroatoms. The number of aliphatic hydroxyl groups is 1. The third-order valence-electron chi connectivity index (χ3n) is 5.36. The summed E-state index contributed by atoms with van der Waals surface area (Å²) in [5.74, 6) is -0.235. The second-order valence-electron chi connectivity index (χ2n) is 7.28. The lowest BCUT2D eigenvalue weighted by molar-refractivity contribution is -0.150. The van der Waals surface area contributed by atoms with E-state index in [1.54, 1.807) is 17.3 Å². The molecule has 2 heterocycles. The number of carbonyl (C=O) groups is 2. The maximum Gasteiger partial charge on any atom is 0.227 e. The molecule has 0 spiro atoms. The highest BCUT2D eigenvalue weighted by Gasteiger charge is 2.50. The van der Waals surface area contributed by atoms with Crippen LogP contribution in [0, 0.1) is 0 Å². The summed E-state index contributed by atoms with van der Waals surface area (Å²) < 4.78 is 0. The number of likely N-dealkylation sites (tertiary alicyclic amines) is 1. The van der Waals surface area contributed by atoms with E-state index < -0.39 is 0 Å². The molecule has 29 heavy (non-hydrogen) atoms. The summed E-state index contributed by atoms with van der Waals surface area (Å²) in [5.41, 5.74) is 3.03. The predicted molar refractivity (Wildman–Crippen MR) is 112 cm³/mol. The van der Waals surface area contributed by atoms with Gasteiger partial charge in [-0.15, -0.1) is 0 Å². The van der Waals surface area contributed by atoms with Crippen LogP contribution in [0.25, 0.3) is 6.08 Å².